The Morgan fingerprint density at radius 1 is 1.21 bits per heavy atom. The molecule has 0 saturated carbocycles. The molecule has 1 unspecified atom stereocenters. The Morgan fingerprint density at radius 2 is 1.97 bits per heavy atom. The van der Waals surface area contributed by atoms with E-state index >= 15 is 0 Å². The van der Waals surface area contributed by atoms with Gasteiger partial charge in [-0.15, -0.1) is 0 Å². The SMILES string of the molecule is CON=C(C(=O)OC)C1=CC2=[N+](C(C)c3ccc4c(c3)OCCO4)OC1=C(C)C2. The van der Waals surface area contributed by atoms with Crippen LogP contribution in [0, 0.1) is 0 Å². The van der Waals surface area contributed by atoms with Crippen LogP contribution in [-0.4, -0.2) is 49.6 Å². The number of carbonyl (C=O) groups is 1. The van der Waals surface area contributed by atoms with Crippen molar-refractivity contribution in [1.29, 1.82) is 0 Å². The number of carbonyl (C=O) groups excluding carboxylic acids is 1. The third-order valence-electron chi connectivity index (χ3n) is 5.08. The molecule has 1 atom stereocenters. The van der Waals surface area contributed by atoms with Crippen molar-refractivity contribution in [3.05, 3.63) is 46.7 Å². The maximum atomic E-state index is 12.2. The van der Waals surface area contributed by atoms with E-state index in [1.807, 2.05) is 42.9 Å². The van der Waals surface area contributed by atoms with Crippen molar-refractivity contribution in [3.63, 3.8) is 0 Å². The molecule has 5 rings (SSSR count). The van der Waals surface area contributed by atoms with Gasteiger partial charge in [0.15, 0.2) is 17.2 Å². The van der Waals surface area contributed by atoms with Gasteiger partial charge in [0.25, 0.3) is 0 Å². The Bertz CT molecular complexity index is 989. The van der Waals surface area contributed by atoms with Crippen molar-refractivity contribution in [1.82, 2.24) is 0 Å². The fraction of sp³-hybridized carbons (Fsp3) is 0.381. The van der Waals surface area contributed by atoms with E-state index in [1.165, 1.54) is 14.2 Å². The lowest BCUT2D eigenvalue weighted by Crippen LogP contribution is -2.35. The number of nitrogens with zero attached hydrogens (tertiary/aromatic N) is 2. The molecular formula is C21H23N2O6+. The molecule has 0 spiro atoms. The molecule has 1 aliphatic carbocycles. The van der Waals surface area contributed by atoms with Gasteiger partial charge in [-0.05, 0) is 35.4 Å². The highest BCUT2D eigenvalue weighted by Crippen LogP contribution is 2.37. The minimum atomic E-state index is -0.582. The van der Waals surface area contributed by atoms with Gasteiger partial charge < -0.3 is 19.0 Å². The summed E-state index contributed by atoms with van der Waals surface area (Å²) in [5.74, 6) is 1.49. The summed E-state index contributed by atoms with van der Waals surface area (Å²) in [6.07, 6.45) is 2.62. The van der Waals surface area contributed by atoms with E-state index in [0.717, 1.165) is 34.8 Å². The highest BCUT2D eigenvalue weighted by atomic mass is 16.7. The summed E-state index contributed by atoms with van der Waals surface area (Å²) >= 11 is 0. The van der Waals surface area contributed by atoms with Crippen molar-refractivity contribution in [2.24, 2.45) is 5.16 Å². The molecule has 3 heterocycles. The summed E-state index contributed by atoms with van der Waals surface area (Å²) in [4.78, 5) is 23.2. The van der Waals surface area contributed by atoms with Crippen LogP contribution in [0.3, 0.4) is 0 Å². The van der Waals surface area contributed by atoms with Gasteiger partial charge in [-0.25, -0.2) is 9.63 Å². The first-order chi connectivity index (χ1) is 14.0. The quantitative estimate of drug-likeness (QED) is 0.328. The van der Waals surface area contributed by atoms with Gasteiger partial charge in [0, 0.05) is 18.6 Å². The summed E-state index contributed by atoms with van der Waals surface area (Å²) in [6.45, 7) is 5.11. The molecule has 8 heteroatoms. The number of esters is 1. The Morgan fingerprint density at radius 3 is 2.66 bits per heavy atom. The van der Waals surface area contributed by atoms with Gasteiger partial charge in [-0.3, -0.25) is 0 Å². The second-order valence-corrected chi connectivity index (χ2v) is 6.95. The van der Waals surface area contributed by atoms with Gasteiger partial charge in [0.2, 0.25) is 17.5 Å². The highest BCUT2D eigenvalue weighted by Gasteiger charge is 2.41. The zero-order valence-electron chi connectivity index (χ0n) is 16.9. The second kappa shape index (κ2) is 7.62. The Hall–Kier alpha value is -3.29. The molecule has 8 nitrogen and oxygen atoms in total. The van der Waals surface area contributed by atoms with Crippen molar-refractivity contribution in [2.45, 2.75) is 26.3 Å². The van der Waals surface area contributed by atoms with Gasteiger partial charge in [0.1, 0.15) is 20.3 Å². The summed E-state index contributed by atoms with van der Waals surface area (Å²) in [5, 5.41) is 3.85. The lowest BCUT2D eigenvalue weighted by atomic mass is 9.92. The highest BCUT2D eigenvalue weighted by molar-refractivity contribution is 6.45. The summed E-state index contributed by atoms with van der Waals surface area (Å²) in [5.41, 5.74) is 3.59. The Labute approximate surface area is 168 Å². The molecule has 29 heavy (non-hydrogen) atoms. The van der Waals surface area contributed by atoms with Crippen LogP contribution in [0.2, 0.25) is 0 Å². The number of hydroxylamine groups is 1. The molecule has 0 fully saturated rings. The number of allylic oxidation sites excluding steroid dienone is 3. The van der Waals surface area contributed by atoms with Crippen LogP contribution in [0.25, 0.3) is 0 Å². The molecule has 2 bridgehead atoms. The van der Waals surface area contributed by atoms with E-state index < -0.39 is 5.97 Å². The van der Waals surface area contributed by atoms with Crippen LogP contribution < -0.4 is 9.47 Å². The van der Waals surface area contributed by atoms with E-state index in [4.69, 9.17) is 23.9 Å². The van der Waals surface area contributed by atoms with Crippen molar-refractivity contribution in [2.75, 3.05) is 27.4 Å². The van der Waals surface area contributed by atoms with E-state index in [1.54, 1.807) is 0 Å². The number of oxime groups is 1. The van der Waals surface area contributed by atoms with E-state index in [9.17, 15) is 4.79 Å². The second-order valence-electron chi connectivity index (χ2n) is 6.95. The topological polar surface area (TPSA) is 78.6 Å². The lowest BCUT2D eigenvalue weighted by molar-refractivity contribution is -0.803. The average molecular weight is 399 g/mol. The molecular weight excluding hydrogens is 376 g/mol. The van der Waals surface area contributed by atoms with E-state index in [0.29, 0.717) is 24.5 Å². The van der Waals surface area contributed by atoms with E-state index in [2.05, 4.69) is 5.16 Å². The molecule has 1 aromatic rings. The zero-order valence-corrected chi connectivity index (χ0v) is 16.9. The number of methoxy groups -OCH3 is 1. The number of hydrogen-bond acceptors (Lipinski definition) is 7. The predicted octanol–water partition coefficient (Wildman–Crippen LogP) is 2.70. The predicted molar refractivity (Wildman–Crippen MR) is 104 cm³/mol. The van der Waals surface area contributed by atoms with Crippen LogP contribution in [0.5, 0.6) is 11.5 Å². The minimum Gasteiger partial charge on any atom is -0.486 e. The van der Waals surface area contributed by atoms with Gasteiger partial charge in [0.05, 0.1) is 19.1 Å². The standard InChI is InChI=1S/C21H23N2O6/c1-12-9-15-11-16(19(22-26-4)21(24)25-3)20(12)29-23(15)13(2)14-5-6-17-18(10-14)28-8-7-27-17/h5-6,10-11,13H,7-9H2,1-4H3/q+1. The molecule has 0 N–H and O–H groups in total. The van der Waals surface area contributed by atoms with Crippen molar-refractivity contribution >= 4 is 17.4 Å². The monoisotopic (exact) mass is 399 g/mol. The largest absolute Gasteiger partial charge is 0.486 e. The van der Waals surface area contributed by atoms with Crippen LogP contribution in [0.15, 0.2) is 46.3 Å². The number of fused-ring (bicyclic) bond motifs is 3. The Balaban J connectivity index is 1.70. The molecule has 0 saturated heterocycles. The first-order valence-electron chi connectivity index (χ1n) is 9.37. The van der Waals surface area contributed by atoms with Crippen LogP contribution >= 0.6 is 0 Å². The van der Waals surface area contributed by atoms with Crippen LogP contribution in [-0.2, 0) is 19.2 Å². The lowest BCUT2D eigenvalue weighted by Gasteiger charge is -2.26. The molecule has 0 radical (unpaired) electrons. The first kappa shape index (κ1) is 19.0. The third kappa shape index (κ3) is 3.35. The van der Waals surface area contributed by atoms with E-state index in [-0.39, 0.29) is 11.8 Å². The number of ether oxygens (including phenoxy) is 3. The number of benzene rings is 1. The zero-order chi connectivity index (χ0) is 20.5. The number of rotatable bonds is 5. The van der Waals surface area contributed by atoms with Crippen molar-refractivity contribution in [3.8, 4) is 11.5 Å². The van der Waals surface area contributed by atoms with Gasteiger partial charge >= 0.3 is 5.97 Å². The molecule has 1 aromatic carbocycles. The van der Waals surface area contributed by atoms with Gasteiger partial charge in [-0.2, -0.15) is 0 Å². The van der Waals surface area contributed by atoms with Crippen LogP contribution in [0.4, 0.5) is 0 Å². The normalized spacial score (nSPS) is 18.9. The van der Waals surface area contributed by atoms with Gasteiger partial charge in [-0.1, -0.05) is 5.16 Å². The Kier molecular flexibility index (Phi) is 5.00. The maximum absolute atomic E-state index is 12.2. The smallest absolute Gasteiger partial charge is 0.360 e. The molecule has 0 aromatic heterocycles. The summed E-state index contributed by atoms with van der Waals surface area (Å²) < 4.78 is 18.0. The van der Waals surface area contributed by atoms with Crippen molar-refractivity contribution < 1.29 is 33.4 Å². The first-order valence-corrected chi connectivity index (χ1v) is 9.37. The summed E-state index contributed by atoms with van der Waals surface area (Å²) in [7, 11) is 2.69. The fourth-order valence-electron chi connectivity index (χ4n) is 3.63. The van der Waals surface area contributed by atoms with Crippen LogP contribution in [0.1, 0.15) is 31.9 Å². The third-order valence-corrected chi connectivity index (χ3v) is 5.08. The summed E-state index contributed by atoms with van der Waals surface area (Å²) in [6, 6.07) is 5.81. The number of hydrogen-bond donors (Lipinski definition) is 0. The molecule has 3 aliphatic heterocycles. The average Bonchev–Trinajstić information content (AvgIpc) is 2.76. The maximum Gasteiger partial charge on any atom is 0.360 e. The minimum absolute atomic E-state index is 0.0770. The molecule has 0 amide bonds. The molecule has 4 aliphatic rings. The fourth-order valence-corrected chi connectivity index (χ4v) is 3.63. The molecule has 152 valence electrons.